The van der Waals surface area contributed by atoms with E-state index in [1.807, 2.05) is 0 Å². The zero-order valence-corrected chi connectivity index (χ0v) is 13.8. The Hall–Kier alpha value is -1.44. The number of hydrogen-bond donors (Lipinski definition) is 1. The van der Waals surface area contributed by atoms with Gasteiger partial charge in [-0.1, -0.05) is 18.2 Å². The summed E-state index contributed by atoms with van der Waals surface area (Å²) in [6.07, 6.45) is 0.793. The van der Waals surface area contributed by atoms with E-state index < -0.39 is 14.6 Å². The summed E-state index contributed by atoms with van der Waals surface area (Å²) in [4.78, 5) is 14.9. The standard InChI is InChI=1S/C16H22N2O4S/c19-15(17-8-9-18-10-12-22-13-11-18)16(6-7-16)23(20,21)14-4-2-1-3-5-14/h1-5H,6-13H2,(H,17,19). The van der Waals surface area contributed by atoms with Gasteiger partial charge in [-0.25, -0.2) is 8.42 Å². The first-order valence-electron chi connectivity index (χ1n) is 7.94. The molecule has 1 amide bonds. The zero-order valence-electron chi connectivity index (χ0n) is 13.0. The van der Waals surface area contributed by atoms with Crippen LogP contribution in [0.25, 0.3) is 0 Å². The van der Waals surface area contributed by atoms with Crippen LogP contribution in [-0.4, -0.2) is 63.4 Å². The van der Waals surface area contributed by atoms with E-state index in [-0.39, 0.29) is 10.8 Å². The van der Waals surface area contributed by atoms with E-state index in [4.69, 9.17) is 4.74 Å². The van der Waals surface area contributed by atoms with Crippen LogP contribution in [0.3, 0.4) is 0 Å². The van der Waals surface area contributed by atoms with Crippen LogP contribution in [0.4, 0.5) is 0 Å². The van der Waals surface area contributed by atoms with Gasteiger partial charge < -0.3 is 10.1 Å². The number of rotatable bonds is 6. The summed E-state index contributed by atoms with van der Waals surface area (Å²) in [6, 6.07) is 8.23. The number of carbonyl (C=O) groups is 1. The number of ether oxygens (including phenoxy) is 1. The molecule has 0 bridgehead atoms. The summed E-state index contributed by atoms with van der Waals surface area (Å²) in [5.41, 5.74) is 0. The Balaban J connectivity index is 1.60. The van der Waals surface area contributed by atoms with Gasteiger partial charge in [-0.15, -0.1) is 0 Å². The molecule has 0 atom stereocenters. The van der Waals surface area contributed by atoms with Crippen LogP contribution in [0.1, 0.15) is 12.8 Å². The molecule has 1 saturated heterocycles. The first kappa shape index (κ1) is 16.4. The Morgan fingerprint density at radius 2 is 1.83 bits per heavy atom. The third-order valence-corrected chi connectivity index (χ3v) is 7.02. The molecular weight excluding hydrogens is 316 g/mol. The van der Waals surface area contributed by atoms with E-state index in [0.717, 1.165) is 19.6 Å². The molecule has 1 aliphatic heterocycles. The summed E-state index contributed by atoms with van der Waals surface area (Å²) < 4.78 is 29.5. The minimum atomic E-state index is -3.63. The highest BCUT2D eigenvalue weighted by Gasteiger charge is 2.60. The fraction of sp³-hybridized carbons (Fsp3) is 0.562. The van der Waals surface area contributed by atoms with Crippen molar-refractivity contribution in [1.82, 2.24) is 10.2 Å². The van der Waals surface area contributed by atoms with Gasteiger partial charge in [0.15, 0.2) is 14.6 Å². The average molecular weight is 338 g/mol. The summed E-state index contributed by atoms with van der Waals surface area (Å²) in [5.74, 6) is -0.366. The maximum Gasteiger partial charge on any atom is 0.241 e. The Labute approximate surface area is 136 Å². The highest BCUT2D eigenvalue weighted by Crippen LogP contribution is 2.46. The summed E-state index contributed by atoms with van der Waals surface area (Å²) in [5, 5.41) is 2.81. The normalized spacial score (nSPS) is 20.9. The Bertz CT molecular complexity index is 650. The van der Waals surface area contributed by atoms with Gasteiger partial charge in [-0.05, 0) is 25.0 Å². The van der Waals surface area contributed by atoms with Gasteiger partial charge in [0.05, 0.1) is 18.1 Å². The molecule has 0 radical (unpaired) electrons. The number of sulfone groups is 1. The van der Waals surface area contributed by atoms with Gasteiger partial charge in [0.2, 0.25) is 5.91 Å². The summed E-state index contributed by atoms with van der Waals surface area (Å²) in [6.45, 7) is 4.30. The lowest BCUT2D eigenvalue weighted by atomic mass is 10.3. The molecule has 1 saturated carbocycles. The SMILES string of the molecule is O=C(NCCN1CCOCC1)C1(S(=O)(=O)c2ccccc2)CC1. The van der Waals surface area contributed by atoms with Crippen molar-refractivity contribution in [2.24, 2.45) is 0 Å². The minimum Gasteiger partial charge on any atom is -0.379 e. The van der Waals surface area contributed by atoms with Crippen LogP contribution in [0.5, 0.6) is 0 Å². The fourth-order valence-corrected chi connectivity index (χ4v) is 4.79. The number of amides is 1. The molecule has 1 heterocycles. The molecule has 0 spiro atoms. The van der Waals surface area contributed by atoms with Gasteiger partial charge in [0.25, 0.3) is 0 Å². The summed E-state index contributed by atoms with van der Waals surface area (Å²) in [7, 11) is -3.63. The Morgan fingerprint density at radius 1 is 1.17 bits per heavy atom. The molecular formula is C16H22N2O4S. The second kappa shape index (κ2) is 6.59. The third-order valence-electron chi connectivity index (χ3n) is 4.50. The van der Waals surface area contributed by atoms with Gasteiger partial charge >= 0.3 is 0 Å². The zero-order chi connectivity index (χ0) is 16.3. The van der Waals surface area contributed by atoms with Crippen LogP contribution < -0.4 is 5.32 Å². The van der Waals surface area contributed by atoms with Crippen molar-refractivity contribution in [2.75, 3.05) is 39.4 Å². The molecule has 23 heavy (non-hydrogen) atoms. The number of nitrogens with zero attached hydrogens (tertiary/aromatic N) is 1. The molecule has 0 unspecified atom stereocenters. The van der Waals surface area contributed by atoms with Crippen molar-refractivity contribution >= 4 is 15.7 Å². The second-order valence-corrected chi connectivity index (χ2v) is 8.28. The maximum atomic E-state index is 12.7. The third kappa shape index (κ3) is 3.27. The Morgan fingerprint density at radius 3 is 2.43 bits per heavy atom. The molecule has 2 fully saturated rings. The van der Waals surface area contributed by atoms with Crippen molar-refractivity contribution in [3.63, 3.8) is 0 Å². The van der Waals surface area contributed by atoms with Crippen molar-refractivity contribution in [2.45, 2.75) is 22.5 Å². The largest absolute Gasteiger partial charge is 0.379 e. The highest BCUT2D eigenvalue weighted by molar-refractivity contribution is 7.94. The molecule has 1 aromatic carbocycles. The number of hydrogen-bond acceptors (Lipinski definition) is 5. The van der Waals surface area contributed by atoms with E-state index in [2.05, 4.69) is 10.2 Å². The van der Waals surface area contributed by atoms with Crippen molar-refractivity contribution in [3.8, 4) is 0 Å². The first-order valence-corrected chi connectivity index (χ1v) is 9.43. The van der Waals surface area contributed by atoms with E-state index in [1.165, 1.54) is 0 Å². The predicted octanol–water partition coefficient (Wildman–Crippen LogP) is 0.441. The van der Waals surface area contributed by atoms with E-state index in [9.17, 15) is 13.2 Å². The molecule has 1 aromatic rings. The molecule has 126 valence electrons. The van der Waals surface area contributed by atoms with Crippen molar-refractivity contribution < 1.29 is 17.9 Å². The van der Waals surface area contributed by atoms with Gasteiger partial charge in [0, 0.05) is 26.2 Å². The maximum absolute atomic E-state index is 12.7. The lowest BCUT2D eigenvalue weighted by Crippen LogP contribution is -2.46. The molecule has 3 rings (SSSR count). The lowest BCUT2D eigenvalue weighted by molar-refractivity contribution is -0.121. The molecule has 6 nitrogen and oxygen atoms in total. The van der Waals surface area contributed by atoms with E-state index in [0.29, 0.717) is 32.6 Å². The predicted molar refractivity (Wildman–Crippen MR) is 85.9 cm³/mol. The molecule has 1 N–H and O–H groups in total. The van der Waals surface area contributed by atoms with Crippen LogP contribution in [0.2, 0.25) is 0 Å². The fourth-order valence-electron chi connectivity index (χ4n) is 2.87. The monoisotopic (exact) mass is 338 g/mol. The van der Waals surface area contributed by atoms with E-state index >= 15 is 0 Å². The quantitative estimate of drug-likeness (QED) is 0.815. The number of morpholine rings is 1. The molecule has 7 heteroatoms. The van der Waals surface area contributed by atoms with Gasteiger partial charge in [-0.2, -0.15) is 0 Å². The lowest BCUT2D eigenvalue weighted by Gasteiger charge is -2.26. The first-order chi connectivity index (χ1) is 11.1. The van der Waals surface area contributed by atoms with Gasteiger partial charge in [-0.3, -0.25) is 9.69 Å². The van der Waals surface area contributed by atoms with Crippen LogP contribution >= 0.6 is 0 Å². The smallest absolute Gasteiger partial charge is 0.241 e. The Kier molecular flexibility index (Phi) is 4.70. The second-order valence-electron chi connectivity index (χ2n) is 6.02. The number of benzene rings is 1. The molecule has 0 aromatic heterocycles. The number of nitrogens with one attached hydrogen (secondary N) is 1. The molecule has 2 aliphatic rings. The van der Waals surface area contributed by atoms with Crippen molar-refractivity contribution in [1.29, 1.82) is 0 Å². The number of carbonyl (C=O) groups excluding carboxylic acids is 1. The minimum absolute atomic E-state index is 0.223. The highest BCUT2D eigenvalue weighted by atomic mass is 32.2. The topological polar surface area (TPSA) is 75.7 Å². The van der Waals surface area contributed by atoms with Crippen LogP contribution in [0, 0.1) is 0 Å². The summed E-state index contributed by atoms with van der Waals surface area (Å²) >= 11 is 0. The molecule has 1 aliphatic carbocycles. The van der Waals surface area contributed by atoms with E-state index in [1.54, 1.807) is 30.3 Å². The van der Waals surface area contributed by atoms with Crippen molar-refractivity contribution in [3.05, 3.63) is 30.3 Å². The van der Waals surface area contributed by atoms with Crippen LogP contribution in [-0.2, 0) is 19.4 Å². The van der Waals surface area contributed by atoms with Gasteiger partial charge in [0.1, 0.15) is 0 Å². The van der Waals surface area contributed by atoms with Crippen LogP contribution in [0.15, 0.2) is 35.2 Å². The average Bonchev–Trinajstić information content (AvgIpc) is 3.39.